The van der Waals surface area contributed by atoms with Crippen LogP contribution >= 0.6 is 11.6 Å². The zero-order valence-electron chi connectivity index (χ0n) is 9.90. The molecule has 6 heteroatoms. The van der Waals surface area contributed by atoms with E-state index >= 15 is 0 Å². The van der Waals surface area contributed by atoms with Crippen LogP contribution in [0.4, 0.5) is 5.69 Å². The molecule has 0 radical (unpaired) electrons. The molecular formula is C11H17ClN4O. The van der Waals surface area contributed by atoms with Crippen LogP contribution in [0.15, 0.2) is 11.0 Å². The summed E-state index contributed by atoms with van der Waals surface area (Å²) in [6.07, 6.45) is 3.91. The van der Waals surface area contributed by atoms with E-state index in [1.165, 1.54) is 23.7 Å². The highest BCUT2D eigenvalue weighted by Crippen LogP contribution is 2.30. The number of hydrogen-bond donors (Lipinski definition) is 1. The summed E-state index contributed by atoms with van der Waals surface area (Å²) in [7, 11) is 1.82. The van der Waals surface area contributed by atoms with Gasteiger partial charge in [-0.2, -0.15) is 5.10 Å². The van der Waals surface area contributed by atoms with Gasteiger partial charge >= 0.3 is 0 Å². The average molecular weight is 257 g/mol. The zero-order valence-corrected chi connectivity index (χ0v) is 10.7. The van der Waals surface area contributed by atoms with Crippen LogP contribution in [0.3, 0.4) is 0 Å². The molecule has 0 spiro atoms. The van der Waals surface area contributed by atoms with Crippen LogP contribution in [0.1, 0.15) is 12.8 Å². The van der Waals surface area contributed by atoms with Gasteiger partial charge in [-0.1, -0.05) is 11.6 Å². The topological polar surface area (TPSA) is 64.2 Å². The number of halogens is 1. The van der Waals surface area contributed by atoms with Crippen LogP contribution < -0.4 is 16.2 Å². The maximum atomic E-state index is 12.2. The SMILES string of the molecule is CN(CCN)c1c(Cl)cnn(CC2CC2)c1=O. The third kappa shape index (κ3) is 2.79. The summed E-state index contributed by atoms with van der Waals surface area (Å²) >= 11 is 6.03. The molecule has 5 nitrogen and oxygen atoms in total. The smallest absolute Gasteiger partial charge is 0.291 e. The lowest BCUT2D eigenvalue weighted by Gasteiger charge is -2.19. The Bertz CT molecular complexity index is 455. The van der Waals surface area contributed by atoms with Crippen molar-refractivity contribution in [3.05, 3.63) is 21.6 Å². The van der Waals surface area contributed by atoms with Crippen molar-refractivity contribution in [2.75, 3.05) is 25.0 Å². The molecule has 0 atom stereocenters. The third-order valence-corrected chi connectivity index (χ3v) is 3.22. The molecule has 0 aromatic carbocycles. The number of nitrogens with two attached hydrogens (primary N) is 1. The van der Waals surface area contributed by atoms with Crippen LogP contribution in [-0.2, 0) is 6.54 Å². The summed E-state index contributed by atoms with van der Waals surface area (Å²) in [6, 6.07) is 0. The molecule has 2 N–H and O–H groups in total. The van der Waals surface area contributed by atoms with E-state index in [9.17, 15) is 4.79 Å². The average Bonchev–Trinajstić information content (AvgIpc) is 3.07. The van der Waals surface area contributed by atoms with Gasteiger partial charge in [-0.25, -0.2) is 4.68 Å². The van der Waals surface area contributed by atoms with Crippen LogP contribution in [-0.4, -0.2) is 29.9 Å². The number of aromatic nitrogens is 2. The van der Waals surface area contributed by atoms with Crippen molar-refractivity contribution in [1.29, 1.82) is 0 Å². The van der Waals surface area contributed by atoms with Gasteiger partial charge in [-0.3, -0.25) is 4.79 Å². The summed E-state index contributed by atoms with van der Waals surface area (Å²) in [5.74, 6) is 0.606. The fraction of sp³-hybridized carbons (Fsp3) is 0.636. The van der Waals surface area contributed by atoms with E-state index in [1.807, 2.05) is 7.05 Å². The molecule has 0 saturated heterocycles. The van der Waals surface area contributed by atoms with E-state index < -0.39 is 0 Å². The van der Waals surface area contributed by atoms with Crippen molar-refractivity contribution >= 4 is 17.3 Å². The molecule has 1 aromatic rings. The van der Waals surface area contributed by atoms with Gasteiger partial charge in [0.15, 0.2) is 0 Å². The molecule has 1 heterocycles. The maximum Gasteiger partial charge on any atom is 0.291 e. The molecule has 2 rings (SSSR count). The predicted octanol–water partition coefficient (Wildman–Crippen LogP) is 0.702. The second-order valence-corrected chi connectivity index (χ2v) is 4.89. The Morgan fingerprint density at radius 3 is 2.94 bits per heavy atom. The molecule has 1 aliphatic carbocycles. The van der Waals surface area contributed by atoms with Crippen LogP contribution in [0.25, 0.3) is 0 Å². The monoisotopic (exact) mass is 256 g/mol. The van der Waals surface area contributed by atoms with Crippen molar-refractivity contribution in [1.82, 2.24) is 9.78 Å². The van der Waals surface area contributed by atoms with Gasteiger partial charge in [-0.05, 0) is 18.8 Å². The minimum absolute atomic E-state index is 0.125. The van der Waals surface area contributed by atoms with Gasteiger partial charge in [-0.15, -0.1) is 0 Å². The largest absolute Gasteiger partial charge is 0.368 e. The standard InChI is InChI=1S/C11H17ClN4O/c1-15(5-4-13)10-9(12)6-14-16(11(10)17)7-8-2-3-8/h6,8H,2-5,7,13H2,1H3. The van der Waals surface area contributed by atoms with Gasteiger partial charge < -0.3 is 10.6 Å². The highest BCUT2D eigenvalue weighted by Gasteiger charge is 2.24. The fourth-order valence-corrected chi connectivity index (χ4v) is 2.05. The van der Waals surface area contributed by atoms with Gasteiger partial charge in [0, 0.05) is 26.7 Å². The van der Waals surface area contributed by atoms with Crippen molar-refractivity contribution in [3.63, 3.8) is 0 Å². The molecule has 0 unspecified atom stereocenters. The first kappa shape index (κ1) is 12.4. The Kier molecular flexibility index (Phi) is 3.69. The maximum absolute atomic E-state index is 12.2. The van der Waals surface area contributed by atoms with E-state index in [1.54, 1.807) is 4.90 Å². The Labute approximate surface area is 105 Å². The van der Waals surface area contributed by atoms with E-state index in [4.69, 9.17) is 17.3 Å². The molecule has 17 heavy (non-hydrogen) atoms. The zero-order chi connectivity index (χ0) is 12.4. The summed E-state index contributed by atoms with van der Waals surface area (Å²) in [4.78, 5) is 14.0. The van der Waals surface area contributed by atoms with Crippen molar-refractivity contribution in [2.24, 2.45) is 11.7 Å². The molecule has 0 aliphatic heterocycles. The fourth-order valence-electron chi connectivity index (χ4n) is 1.78. The van der Waals surface area contributed by atoms with E-state index in [0.717, 1.165) is 0 Å². The van der Waals surface area contributed by atoms with Crippen LogP contribution in [0.2, 0.25) is 5.02 Å². The molecule has 0 bridgehead atoms. The number of likely N-dealkylation sites (N-methyl/N-ethyl adjacent to an activating group) is 1. The normalized spacial score (nSPS) is 15.0. The summed E-state index contributed by atoms with van der Waals surface area (Å²) < 4.78 is 1.51. The number of anilines is 1. The van der Waals surface area contributed by atoms with E-state index in [0.29, 0.717) is 36.3 Å². The first-order chi connectivity index (χ1) is 8.13. The molecule has 1 aliphatic rings. The van der Waals surface area contributed by atoms with Gasteiger partial charge in [0.2, 0.25) is 0 Å². The first-order valence-corrected chi connectivity index (χ1v) is 6.18. The lowest BCUT2D eigenvalue weighted by atomic mass is 10.3. The van der Waals surface area contributed by atoms with Crippen LogP contribution in [0.5, 0.6) is 0 Å². The van der Waals surface area contributed by atoms with Crippen LogP contribution in [0, 0.1) is 5.92 Å². The van der Waals surface area contributed by atoms with Gasteiger partial charge in [0.05, 0.1) is 11.2 Å². The number of hydrogen-bond acceptors (Lipinski definition) is 4. The highest BCUT2D eigenvalue weighted by molar-refractivity contribution is 6.33. The second kappa shape index (κ2) is 5.06. The second-order valence-electron chi connectivity index (χ2n) is 4.48. The molecule has 1 aromatic heterocycles. The molecule has 94 valence electrons. The van der Waals surface area contributed by atoms with Gasteiger partial charge in [0.25, 0.3) is 5.56 Å². The van der Waals surface area contributed by atoms with E-state index in [-0.39, 0.29) is 5.56 Å². The molecule has 1 saturated carbocycles. The first-order valence-electron chi connectivity index (χ1n) is 5.80. The van der Waals surface area contributed by atoms with Crippen molar-refractivity contribution in [3.8, 4) is 0 Å². The highest BCUT2D eigenvalue weighted by atomic mass is 35.5. The molecule has 1 fully saturated rings. The Morgan fingerprint density at radius 1 is 1.65 bits per heavy atom. The lowest BCUT2D eigenvalue weighted by molar-refractivity contribution is 0.533. The third-order valence-electron chi connectivity index (χ3n) is 2.95. The lowest BCUT2D eigenvalue weighted by Crippen LogP contribution is -2.34. The minimum atomic E-state index is -0.125. The quantitative estimate of drug-likeness (QED) is 0.843. The Morgan fingerprint density at radius 2 is 2.35 bits per heavy atom. The van der Waals surface area contributed by atoms with Gasteiger partial charge in [0.1, 0.15) is 5.69 Å². The number of nitrogens with zero attached hydrogens (tertiary/aromatic N) is 3. The van der Waals surface area contributed by atoms with Crippen molar-refractivity contribution in [2.45, 2.75) is 19.4 Å². The Balaban J connectivity index is 2.31. The Hall–Kier alpha value is -1.07. The van der Waals surface area contributed by atoms with Crippen molar-refractivity contribution < 1.29 is 0 Å². The molecule has 0 amide bonds. The predicted molar refractivity (Wildman–Crippen MR) is 68.6 cm³/mol. The summed E-state index contributed by atoms with van der Waals surface area (Å²) in [6.45, 7) is 1.78. The summed E-state index contributed by atoms with van der Waals surface area (Å²) in [5, 5.41) is 4.46. The summed E-state index contributed by atoms with van der Waals surface area (Å²) in [5.41, 5.74) is 5.86. The number of rotatable bonds is 5. The minimum Gasteiger partial charge on any atom is -0.368 e. The molecular weight excluding hydrogens is 240 g/mol. The van der Waals surface area contributed by atoms with E-state index in [2.05, 4.69) is 5.10 Å².